The maximum Gasteiger partial charge on any atom is 0.415 e. The van der Waals surface area contributed by atoms with Gasteiger partial charge in [-0.15, -0.1) is 0 Å². The Kier molecular flexibility index (Phi) is 9.29. The molecular formula is C32H34ClF3N4O3. The summed E-state index contributed by atoms with van der Waals surface area (Å²) in [5.74, 6) is 0.555. The number of aromatic amines is 1. The minimum absolute atomic E-state index is 0.118. The fraction of sp³-hybridized carbons (Fsp3) is 0.375. The number of alkyl halides is 3. The monoisotopic (exact) mass is 614 g/mol. The standard InChI is InChI=1S/C32H34ClF3N4O3/c1-19(2)29(24-5-3-4-6-26(24)33)37-31(42)21-9-12-27-25(17-21)30(39-38-27)20-7-10-22(11-8-20)43-23-13-15-40(16-14-23)18-28(41)32(34,35)36/h3-12,17,19,23,28-29,41H,13-16,18H2,1-2H3,(H,37,42)(H,38,39)/t28-,29?/m1/s1. The van der Waals surface area contributed by atoms with Crippen LogP contribution < -0.4 is 10.1 Å². The number of hydrogen-bond donors (Lipinski definition) is 3. The Bertz CT molecular complexity index is 1550. The molecule has 228 valence electrons. The van der Waals surface area contributed by atoms with Gasteiger partial charge >= 0.3 is 6.18 Å². The van der Waals surface area contributed by atoms with Gasteiger partial charge in [-0.25, -0.2) is 0 Å². The van der Waals surface area contributed by atoms with E-state index in [9.17, 15) is 23.1 Å². The second-order valence-corrected chi connectivity index (χ2v) is 11.7. The van der Waals surface area contributed by atoms with E-state index in [4.69, 9.17) is 16.3 Å². The van der Waals surface area contributed by atoms with Gasteiger partial charge in [-0.05, 0) is 72.9 Å². The average molecular weight is 615 g/mol. The summed E-state index contributed by atoms with van der Waals surface area (Å²) in [4.78, 5) is 15.0. The van der Waals surface area contributed by atoms with Gasteiger partial charge in [0.05, 0.1) is 17.3 Å². The highest BCUT2D eigenvalue weighted by molar-refractivity contribution is 6.31. The quantitative estimate of drug-likeness (QED) is 0.193. The summed E-state index contributed by atoms with van der Waals surface area (Å²) in [5.41, 5.74) is 3.69. The number of β-amino-alcohol motifs (C(OH)–C–C–N with tert-alkyl or cyclic N) is 1. The minimum Gasteiger partial charge on any atom is -0.490 e. The molecule has 1 aromatic heterocycles. The van der Waals surface area contributed by atoms with Gasteiger partial charge in [0.15, 0.2) is 6.10 Å². The highest BCUT2D eigenvalue weighted by Crippen LogP contribution is 2.31. The maximum atomic E-state index is 13.3. The van der Waals surface area contributed by atoms with Crippen LogP contribution in [0.3, 0.4) is 0 Å². The number of aliphatic hydroxyl groups is 1. The van der Waals surface area contributed by atoms with Crippen molar-refractivity contribution in [1.82, 2.24) is 20.4 Å². The molecule has 4 aromatic rings. The largest absolute Gasteiger partial charge is 0.490 e. The van der Waals surface area contributed by atoms with Gasteiger partial charge in [-0.1, -0.05) is 43.6 Å². The first-order valence-corrected chi connectivity index (χ1v) is 14.6. The van der Waals surface area contributed by atoms with Gasteiger partial charge in [-0.3, -0.25) is 9.89 Å². The number of amides is 1. The zero-order valence-corrected chi connectivity index (χ0v) is 24.6. The van der Waals surface area contributed by atoms with E-state index in [1.54, 1.807) is 11.0 Å². The molecule has 5 rings (SSSR count). The van der Waals surface area contributed by atoms with Crippen molar-refractivity contribution in [3.05, 3.63) is 82.9 Å². The van der Waals surface area contributed by atoms with Gasteiger partial charge in [0, 0.05) is 41.2 Å². The number of piperidine rings is 1. The molecule has 1 aliphatic rings. The molecule has 0 bridgehead atoms. The fourth-order valence-corrected chi connectivity index (χ4v) is 5.63. The van der Waals surface area contributed by atoms with E-state index in [0.29, 0.717) is 48.0 Å². The first-order valence-electron chi connectivity index (χ1n) is 14.3. The summed E-state index contributed by atoms with van der Waals surface area (Å²) in [5, 5.41) is 21.4. The lowest BCUT2D eigenvalue weighted by molar-refractivity contribution is -0.208. The van der Waals surface area contributed by atoms with E-state index in [2.05, 4.69) is 15.5 Å². The van der Waals surface area contributed by atoms with Gasteiger partial charge in [-0.2, -0.15) is 18.3 Å². The number of carbonyl (C=O) groups is 1. The molecule has 0 aliphatic carbocycles. The number of nitrogens with zero attached hydrogens (tertiary/aromatic N) is 2. The second-order valence-electron chi connectivity index (χ2n) is 11.2. The van der Waals surface area contributed by atoms with Crippen LogP contribution in [-0.4, -0.2) is 64.1 Å². The van der Waals surface area contributed by atoms with Crippen molar-refractivity contribution in [2.75, 3.05) is 19.6 Å². The molecule has 1 amide bonds. The first-order chi connectivity index (χ1) is 20.5. The lowest BCUT2D eigenvalue weighted by atomic mass is 9.95. The smallest absolute Gasteiger partial charge is 0.415 e. The van der Waals surface area contributed by atoms with Crippen LogP contribution in [-0.2, 0) is 0 Å². The third kappa shape index (κ3) is 7.31. The third-order valence-electron chi connectivity index (χ3n) is 7.79. The van der Waals surface area contributed by atoms with Gasteiger partial charge in [0.2, 0.25) is 0 Å². The van der Waals surface area contributed by atoms with E-state index in [-0.39, 0.29) is 24.0 Å². The van der Waals surface area contributed by atoms with Crippen molar-refractivity contribution in [1.29, 1.82) is 0 Å². The van der Waals surface area contributed by atoms with E-state index in [0.717, 1.165) is 22.0 Å². The van der Waals surface area contributed by atoms with Crippen molar-refractivity contribution in [3.63, 3.8) is 0 Å². The normalized spacial score (nSPS) is 16.4. The summed E-state index contributed by atoms with van der Waals surface area (Å²) in [6.07, 6.45) is -5.95. The molecule has 0 saturated carbocycles. The zero-order valence-electron chi connectivity index (χ0n) is 23.9. The number of H-pyrrole nitrogens is 1. The highest BCUT2D eigenvalue weighted by atomic mass is 35.5. The van der Waals surface area contributed by atoms with Crippen molar-refractivity contribution in [2.24, 2.45) is 5.92 Å². The number of aromatic nitrogens is 2. The van der Waals surface area contributed by atoms with Crippen LogP contribution in [0.2, 0.25) is 5.02 Å². The molecule has 0 spiro atoms. The highest BCUT2D eigenvalue weighted by Gasteiger charge is 2.39. The van der Waals surface area contributed by atoms with Crippen molar-refractivity contribution < 1.29 is 27.8 Å². The molecule has 1 fully saturated rings. The lowest BCUT2D eigenvalue weighted by Gasteiger charge is -2.33. The first kappa shape index (κ1) is 30.8. The minimum atomic E-state index is -4.61. The molecule has 7 nitrogen and oxygen atoms in total. The predicted molar refractivity (Wildman–Crippen MR) is 160 cm³/mol. The molecule has 11 heteroatoms. The Balaban J connectivity index is 1.24. The molecule has 1 aliphatic heterocycles. The maximum absolute atomic E-state index is 13.3. The van der Waals surface area contributed by atoms with Crippen LogP contribution in [0.25, 0.3) is 22.2 Å². The number of aliphatic hydroxyl groups excluding tert-OH is 1. The van der Waals surface area contributed by atoms with Gasteiger partial charge in [0.25, 0.3) is 5.91 Å². The van der Waals surface area contributed by atoms with E-state index in [1.807, 2.05) is 74.5 Å². The van der Waals surface area contributed by atoms with Crippen LogP contribution >= 0.6 is 11.6 Å². The van der Waals surface area contributed by atoms with E-state index in [1.165, 1.54) is 0 Å². The number of nitrogens with one attached hydrogen (secondary N) is 2. The third-order valence-corrected chi connectivity index (χ3v) is 8.14. The number of likely N-dealkylation sites (tertiary alicyclic amines) is 1. The van der Waals surface area contributed by atoms with Crippen LogP contribution in [0, 0.1) is 5.92 Å². The van der Waals surface area contributed by atoms with Gasteiger partial charge in [0.1, 0.15) is 11.9 Å². The van der Waals surface area contributed by atoms with Crippen molar-refractivity contribution in [2.45, 2.75) is 51.1 Å². The number of carbonyl (C=O) groups excluding carboxylic acids is 1. The zero-order chi connectivity index (χ0) is 30.7. The van der Waals surface area contributed by atoms with Crippen LogP contribution in [0.4, 0.5) is 13.2 Å². The van der Waals surface area contributed by atoms with Gasteiger partial charge < -0.3 is 20.1 Å². The SMILES string of the molecule is CC(C)C(NC(=O)c1ccc2[nH]nc(-c3ccc(OC4CCN(C[C@@H](O)C(F)(F)F)CC4)cc3)c2c1)c1ccccc1Cl. The van der Waals surface area contributed by atoms with E-state index < -0.39 is 18.8 Å². The number of halogens is 4. The Morgan fingerprint density at radius 2 is 1.81 bits per heavy atom. The molecular weight excluding hydrogens is 581 g/mol. The Labute approximate surface area is 253 Å². The number of fused-ring (bicyclic) bond motifs is 1. The number of ether oxygens (including phenoxy) is 1. The number of benzene rings is 3. The molecule has 3 N–H and O–H groups in total. The molecule has 0 radical (unpaired) electrons. The summed E-state index contributed by atoms with van der Waals surface area (Å²) in [6, 6.07) is 20.1. The van der Waals surface area contributed by atoms with Crippen molar-refractivity contribution in [3.8, 4) is 17.0 Å². The fourth-order valence-electron chi connectivity index (χ4n) is 5.37. The Morgan fingerprint density at radius 3 is 2.47 bits per heavy atom. The molecule has 43 heavy (non-hydrogen) atoms. The van der Waals surface area contributed by atoms with Crippen molar-refractivity contribution >= 4 is 28.4 Å². The predicted octanol–water partition coefficient (Wildman–Crippen LogP) is 6.78. The molecule has 2 atom stereocenters. The lowest BCUT2D eigenvalue weighted by Crippen LogP contribution is -2.45. The number of rotatable bonds is 9. The van der Waals surface area contributed by atoms with Crippen LogP contribution in [0.1, 0.15) is 48.7 Å². The molecule has 3 aromatic carbocycles. The summed E-state index contributed by atoms with van der Waals surface area (Å²) >= 11 is 6.43. The topological polar surface area (TPSA) is 90.5 Å². The molecule has 1 unspecified atom stereocenters. The Hall–Kier alpha value is -3.60. The second kappa shape index (κ2) is 13.0. The average Bonchev–Trinajstić information content (AvgIpc) is 3.40. The Morgan fingerprint density at radius 1 is 1.12 bits per heavy atom. The molecule has 1 saturated heterocycles. The summed E-state index contributed by atoms with van der Waals surface area (Å²) in [7, 11) is 0. The van der Waals surface area contributed by atoms with Crippen LogP contribution in [0.15, 0.2) is 66.7 Å². The summed E-state index contributed by atoms with van der Waals surface area (Å²) in [6.45, 7) is 4.48. The molecule has 2 heterocycles. The van der Waals surface area contributed by atoms with Crippen LogP contribution in [0.5, 0.6) is 5.75 Å². The number of hydrogen-bond acceptors (Lipinski definition) is 5. The summed E-state index contributed by atoms with van der Waals surface area (Å²) < 4.78 is 44.1. The van der Waals surface area contributed by atoms with E-state index >= 15 is 0 Å².